The van der Waals surface area contributed by atoms with Gasteiger partial charge in [-0.25, -0.2) is 9.78 Å². The SMILES string of the molecule is COc1ccc(-c2nc(C)oc2C(=O)O)c(OC)c1C. The number of aromatic carboxylic acids is 1. The van der Waals surface area contributed by atoms with Crippen molar-refractivity contribution in [2.45, 2.75) is 13.8 Å². The van der Waals surface area contributed by atoms with E-state index < -0.39 is 5.97 Å². The maximum atomic E-state index is 11.2. The fourth-order valence-electron chi connectivity index (χ4n) is 2.10. The number of oxazole rings is 1. The lowest BCUT2D eigenvalue weighted by Gasteiger charge is -2.13. The van der Waals surface area contributed by atoms with Gasteiger partial charge in [-0.05, 0) is 19.1 Å². The third-order valence-electron chi connectivity index (χ3n) is 2.96. The van der Waals surface area contributed by atoms with E-state index in [4.69, 9.17) is 13.9 Å². The maximum absolute atomic E-state index is 11.2. The van der Waals surface area contributed by atoms with Crippen LogP contribution in [0, 0.1) is 13.8 Å². The van der Waals surface area contributed by atoms with Gasteiger partial charge in [-0.3, -0.25) is 0 Å². The highest BCUT2D eigenvalue weighted by Gasteiger charge is 2.23. The molecule has 0 spiro atoms. The third-order valence-corrected chi connectivity index (χ3v) is 2.96. The predicted molar refractivity (Wildman–Crippen MR) is 71.5 cm³/mol. The zero-order valence-electron chi connectivity index (χ0n) is 11.7. The van der Waals surface area contributed by atoms with Crippen LogP contribution in [-0.4, -0.2) is 30.3 Å². The number of ether oxygens (including phenoxy) is 2. The van der Waals surface area contributed by atoms with Crippen molar-refractivity contribution in [3.63, 3.8) is 0 Å². The zero-order chi connectivity index (χ0) is 14.9. The monoisotopic (exact) mass is 277 g/mol. The van der Waals surface area contributed by atoms with Gasteiger partial charge < -0.3 is 19.0 Å². The van der Waals surface area contributed by atoms with Gasteiger partial charge in [-0.1, -0.05) is 0 Å². The van der Waals surface area contributed by atoms with Crippen LogP contribution < -0.4 is 9.47 Å². The highest BCUT2D eigenvalue weighted by Crippen LogP contribution is 2.38. The Kier molecular flexibility index (Phi) is 3.65. The molecule has 0 amide bonds. The van der Waals surface area contributed by atoms with Gasteiger partial charge in [0.2, 0.25) is 5.76 Å². The third kappa shape index (κ3) is 2.20. The molecule has 0 atom stereocenters. The van der Waals surface area contributed by atoms with Crippen molar-refractivity contribution >= 4 is 5.97 Å². The zero-order valence-corrected chi connectivity index (χ0v) is 11.7. The summed E-state index contributed by atoms with van der Waals surface area (Å²) >= 11 is 0. The molecule has 2 rings (SSSR count). The minimum Gasteiger partial charge on any atom is -0.496 e. The lowest BCUT2D eigenvalue weighted by Crippen LogP contribution is -2.00. The first kappa shape index (κ1) is 13.9. The molecule has 106 valence electrons. The minimum absolute atomic E-state index is 0.203. The molecule has 0 radical (unpaired) electrons. The predicted octanol–water partition coefficient (Wildman–Crippen LogP) is 2.67. The highest BCUT2D eigenvalue weighted by atomic mass is 16.5. The van der Waals surface area contributed by atoms with Crippen LogP contribution in [0.15, 0.2) is 16.5 Å². The summed E-state index contributed by atoms with van der Waals surface area (Å²) in [6.45, 7) is 3.42. The summed E-state index contributed by atoms with van der Waals surface area (Å²) in [5, 5.41) is 9.17. The number of carbonyl (C=O) groups is 1. The van der Waals surface area contributed by atoms with E-state index >= 15 is 0 Å². The Bertz CT molecular complexity index is 660. The Balaban J connectivity index is 2.70. The number of aromatic nitrogens is 1. The minimum atomic E-state index is -1.17. The molecule has 0 aliphatic heterocycles. The second-order valence-corrected chi connectivity index (χ2v) is 4.19. The fourth-order valence-corrected chi connectivity index (χ4v) is 2.10. The number of benzene rings is 1. The lowest BCUT2D eigenvalue weighted by atomic mass is 10.0. The molecule has 0 fully saturated rings. The quantitative estimate of drug-likeness (QED) is 0.925. The van der Waals surface area contributed by atoms with Gasteiger partial charge in [-0.2, -0.15) is 0 Å². The Hall–Kier alpha value is -2.50. The van der Waals surface area contributed by atoms with Crippen LogP contribution in [-0.2, 0) is 0 Å². The maximum Gasteiger partial charge on any atom is 0.374 e. The average Bonchev–Trinajstić information content (AvgIpc) is 2.80. The summed E-state index contributed by atoms with van der Waals surface area (Å²) in [7, 11) is 3.07. The second kappa shape index (κ2) is 5.24. The highest BCUT2D eigenvalue weighted by molar-refractivity contribution is 5.93. The van der Waals surface area contributed by atoms with Crippen molar-refractivity contribution in [1.82, 2.24) is 4.98 Å². The fraction of sp³-hybridized carbons (Fsp3) is 0.286. The number of carboxylic acids is 1. The van der Waals surface area contributed by atoms with Crippen LogP contribution in [0.1, 0.15) is 22.0 Å². The van der Waals surface area contributed by atoms with E-state index in [0.717, 1.165) is 5.56 Å². The molecule has 0 saturated heterocycles. The number of carboxylic acid groups (broad SMARTS) is 1. The molecule has 6 nitrogen and oxygen atoms in total. The van der Waals surface area contributed by atoms with Crippen LogP contribution in [0.4, 0.5) is 0 Å². The van der Waals surface area contributed by atoms with E-state index in [1.807, 2.05) is 6.92 Å². The number of methoxy groups -OCH3 is 2. The smallest absolute Gasteiger partial charge is 0.374 e. The average molecular weight is 277 g/mol. The summed E-state index contributed by atoms with van der Waals surface area (Å²) in [4.78, 5) is 15.4. The van der Waals surface area contributed by atoms with E-state index in [1.54, 1.807) is 26.2 Å². The summed E-state index contributed by atoms with van der Waals surface area (Å²) in [5.74, 6) is 0.0808. The topological polar surface area (TPSA) is 81.8 Å². The van der Waals surface area contributed by atoms with Gasteiger partial charge in [-0.15, -0.1) is 0 Å². The van der Waals surface area contributed by atoms with Crippen molar-refractivity contribution in [1.29, 1.82) is 0 Å². The van der Waals surface area contributed by atoms with Gasteiger partial charge in [0.1, 0.15) is 17.2 Å². The van der Waals surface area contributed by atoms with Gasteiger partial charge >= 0.3 is 5.97 Å². The molecule has 0 unspecified atom stereocenters. The normalized spacial score (nSPS) is 10.4. The van der Waals surface area contributed by atoms with E-state index in [9.17, 15) is 9.90 Å². The number of nitrogens with zero attached hydrogens (tertiary/aromatic N) is 1. The molecule has 1 heterocycles. The van der Waals surface area contributed by atoms with E-state index in [2.05, 4.69) is 4.98 Å². The number of rotatable bonds is 4. The van der Waals surface area contributed by atoms with Crippen LogP contribution in [0.2, 0.25) is 0 Å². The van der Waals surface area contributed by atoms with E-state index in [-0.39, 0.29) is 17.3 Å². The van der Waals surface area contributed by atoms with Gasteiger partial charge in [0.15, 0.2) is 5.89 Å². The molecule has 0 bridgehead atoms. The first-order valence-electron chi connectivity index (χ1n) is 5.92. The molecule has 0 aliphatic rings. The molecular weight excluding hydrogens is 262 g/mol. The molecule has 2 aromatic rings. The van der Waals surface area contributed by atoms with Crippen LogP contribution in [0.25, 0.3) is 11.3 Å². The molecule has 0 saturated carbocycles. The lowest BCUT2D eigenvalue weighted by molar-refractivity contribution is 0.0662. The first-order valence-corrected chi connectivity index (χ1v) is 5.92. The molecule has 1 aromatic heterocycles. The standard InChI is InChI=1S/C14H15NO5/c1-7-10(18-3)6-5-9(12(7)19-4)11-13(14(16)17)20-8(2)15-11/h5-6H,1-4H3,(H,16,17). The summed E-state index contributed by atoms with van der Waals surface area (Å²) in [6, 6.07) is 3.44. The van der Waals surface area contributed by atoms with Crippen molar-refractivity contribution < 1.29 is 23.8 Å². The van der Waals surface area contributed by atoms with Crippen LogP contribution in [0.3, 0.4) is 0 Å². The Morgan fingerprint density at radius 3 is 2.50 bits per heavy atom. The number of hydrogen-bond acceptors (Lipinski definition) is 5. The molecule has 0 aliphatic carbocycles. The van der Waals surface area contributed by atoms with Crippen LogP contribution >= 0.6 is 0 Å². The molecular formula is C14H15NO5. The van der Waals surface area contributed by atoms with Gasteiger partial charge in [0.25, 0.3) is 0 Å². The van der Waals surface area contributed by atoms with Crippen LogP contribution in [0.5, 0.6) is 11.5 Å². The summed E-state index contributed by atoms with van der Waals surface area (Å²) < 4.78 is 15.7. The van der Waals surface area contributed by atoms with Gasteiger partial charge in [0.05, 0.1) is 14.2 Å². The number of hydrogen-bond donors (Lipinski definition) is 1. The van der Waals surface area contributed by atoms with E-state index in [1.165, 1.54) is 7.11 Å². The first-order chi connectivity index (χ1) is 9.49. The molecule has 20 heavy (non-hydrogen) atoms. The van der Waals surface area contributed by atoms with Crippen molar-refractivity contribution in [3.05, 3.63) is 29.3 Å². The van der Waals surface area contributed by atoms with Crippen molar-refractivity contribution in [2.24, 2.45) is 0 Å². The summed E-state index contributed by atoms with van der Waals surface area (Å²) in [5.41, 5.74) is 1.57. The van der Waals surface area contributed by atoms with E-state index in [0.29, 0.717) is 17.1 Å². The van der Waals surface area contributed by atoms with Crippen molar-refractivity contribution in [2.75, 3.05) is 14.2 Å². The number of aryl methyl sites for hydroxylation is 1. The Morgan fingerprint density at radius 1 is 1.25 bits per heavy atom. The summed E-state index contributed by atoms with van der Waals surface area (Å²) in [6.07, 6.45) is 0. The van der Waals surface area contributed by atoms with Gasteiger partial charge in [0, 0.05) is 18.1 Å². The van der Waals surface area contributed by atoms with Crippen molar-refractivity contribution in [3.8, 4) is 22.8 Å². The Morgan fingerprint density at radius 2 is 1.95 bits per heavy atom. The molecule has 6 heteroatoms. The Labute approximate surface area is 116 Å². The molecule has 1 aromatic carbocycles. The second-order valence-electron chi connectivity index (χ2n) is 4.19. The largest absolute Gasteiger partial charge is 0.496 e. The molecule has 1 N–H and O–H groups in total.